The van der Waals surface area contributed by atoms with Crippen LogP contribution in [-0.4, -0.2) is 32.0 Å². The van der Waals surface area contributed by atoms with Crippen molar-refractivity contribution in [1.29, 1.82) is 0 Å². The van der Waals surface area contributed by atoms with Crippen molar-refractivity contribution in [2.45, 2.75) is 0 Å². The fourth-order valence-electron chi connectivity index (χ4n) is 2.33. The van der Waals surface area contributed by atoms with E-state index in [-0.39, 0.29) is 22.3 Å². The van der Waals surface area contributed by atoms with Crippen LogP contribution in [0.2, 0.25) is 0 Å². The minimum absolute atomic E-state index is 0.386. The summed E-state index contributed by atoms with van der Waals surface area (Å²) in [7, 11) is 0. The number of benzene rings is 2. The average molecular weight is 272 g/mol. The summed E-state index contributed by atoms with van der Waals surface area (Å²) in [4.78, 5) is 24.6. The number of phenolic OH excluding ortho intramolecular Hbond substituents is 4. The average Bonchev–Trinajstić information content (AvgIpc) is 2.41. The van der Waals surface area contributed by atoms with Crippen molar-refractivity contribution < 1.29 is 30.0 Å². The molecule has 100 valence electrons. The van der Waals surface area contributed by atoms with E-state index in [1.165, 1.54) is 0 Å². The summed E-state index contributed by atoms with van der Waals surface area (Å²) < 4.78 is 0. The van der Waals surface area contributed by atoms with Gasteiger partial charge in [-0.1, -0.05) is 0 Å². The Morgan fingerprint density at radius 3 is 0.900 bits per heavy atom. The molecule has 0 saturated carbocycles. The Labute approximate surface area is 112 Å². The highest BCUT2D eigenvalue weighted by Crippen LogP contribution is 2.42. The maximum absolute atomic E-state index is 12.3. The van der Waals surface area contributed by atoms with E-state index in [4.69, 9.17) is 0 Å². The zero-order valence-corrected chi connectivity index (χ0v) is 9.91. The fraction of sp³-hybridized carbons (Fsp3) is 0. The molecule has 0 radical (unpaired) electrons. The predicted molar refractivity (Wildman–Crippen MR) is 66.4 cm³/mol. The predicted octanol–water partition coefficient (Wildman–Crippen LogP) is 1.28. The van der Waals surface area contributed by atoms with Crippen LogP contribution in [0.5, 0.6) is 23.0 Å². The van der Waals surface area contributed by atoms with Crippen molar-refractivity contribution in [3.63, 3.8) is 0 Å². The third-order valence-electron chi connectivity index (χ3n) is 3.23. The summed E-state index contributed by atoms with van der Waals surface area (Å²) in [5.41, 5.74) is -1.54. The first-order valence-corrected chi connectivity index (χ1v) is 5.62. The van der Waals surface area contributed by atoms with Gasteiger partial charge in [-0.3, -0.25) is 9.59 Å². The number of hydrogen-bond donors (Lipinski definition) is 4. The topological polar surface area (TPSA) is 115 Å². The Hall–Kier alpha value is -3.02. The lowest BCUT2D eigenvalue weighted by Crippen LogP contribution is -2.21. The Bertz CT molecular complexity index is 661. The third kappa shape index (κ3) is 1.33. The molecule has 4 N–H and O–H groups in total. The normalized spacial score (nSPS) is 13.0. The molecule has 0 amide bonds. The van der Waals surface area contributed by atoms with Gasteiger partial charge in [0.25, 0.3) is 0 Å². The quantitative estimate of drug-likeness (QED) is 0.458. The first-order chi connectivity index (χ1) is 9.43. The van der Waals surface area contributed by atoms with Crippen LogP contribution in [-0.2, 0) is 0 Å². The first kappa shape index (κ1) is 12.0. The van der Waals surface area contributed by atoms with Crippen LogP contribution in [0.25, 0.3) is 0 Å². The molecule has 20 heavy (non-hydrogen) atoms. The SMILES string of the molecule is O=C1c2c(O)ccc(O)c2C(=O)c2c(O)ccc(O)c21. The molecule has 1 aliphatic carbocycles. The maximum Gasteiger partial charge on any atom is 0.202 e. The van der Waals surface area contributed by atoms with Gasteiger partial charge in [-0.15, -0.1) is 0 Å². The molecule has 0 spiro atoms. The number of carbonyl (C=O) groups excluding carboxylic acids is 2. The van der Waals surface area contributed by atoms with E-state index in [2.05, 4.69) is 0 Å². The number of carbonyl (C=O) groups is 2. The number of hydrogen-bond acceptors (Lipinski definition) is 6. The number of phenols is 4. The lowest BCUT2D eigenvalue weighted by molar-refractivity contribution is 0.0969. The first-order valence-electron chi connectivity index (χ1n) is 5.62. The summed E-state index contributed by atoms with van der Waals surface area (Å²) >= 11 is 0. The van der Waals surface area contributed by atoms with Crippen LogP contribution in [0.15, 0.2) is 24.3 Å². The van der Waals surface area contributed by atoms with Crippen LogP contribution >= 0.6 is 0 Å². The number of rotatable bonds is 0. The molecule has 1 aliphatic rings. The Morgan fingerprint density at radius 1 is 0.500 bits per heavy atom. The van der Waals surface area contributed by atoms with Gasteiger partial charge < -0.3 is 20.4 Å². The number of ketones is 2. The van der Waals surface area contributed by atoms with E-state index in [0.29, 0.717) is 0 Å². The molecule has 0 aliphatic heterocycles. The van der Waals surface area contributed by atoms with Crippen LogP contribution in [0.1, 0.15) is 31.8 Å². The van der Waals surface area contributed by atoms with Crippen molar-refractivity contribution in [2.24, 2.45) is 0 Å². The maximum atomic E-state index is 12.3. The Morgan fingerprint density at radius 2 is 0.700 bits per heavy atom. The second-order valence-corrected chi connectivity index (χ2v) is 4.37. The van der Waals surface area contributed by atoms with Gasteiger partial charge in [0.2, 0.25) is 11.6 Å². The van der Waals surface area contributed by atoms with Gasteiger partial charge in [0.15, 0.2) is 0 Å². The molecule has 0 unspecified atom stereocenters. The standard InChI is InChI=1S/C14H8O6/c15-5-1-2-6(16)10-9(5)13(19)11-7(17)3-4-8(18)12(11)14(10)20/h1-4,15-18H. The van der Waals surface area contributed by atoms with Gasteiger partial charge in [0.05, 0.1) is 22.3 Å². The zero-order chi connectivity index (χ0) is 14.6. The highest BCUT2D eigenvalue weighted by Gasteiger charge is 2.38. The van der Waals surface area contributed by atoms with Crippen molar-refractivity contribution in [2.75, 3.05) is 0 Å². The van der Waals surface area contributed by atoms with Gasteiger partial charge in [-0.05, 0) is 24.3 Å². The van der Waals surface area contributed by atoms with Crippen LogP contribution in [0.3, 0.4) is 0 Å². The van der Waals surface area contributed by atoms with Crippen molar-refractivity contribution in [3.8, 4) is 23.0 Å². The number of fused-ring (bicyclic) bond motifs is 2. The monoisotopic (exact) mass is 272 g/mol. The van der Waals surface area contributed by atoms with E-state index in [0.717, 1.165) is 24.3 Å². The smallest absolute Gasteiger partial charge is 0.202 e. The number of aromatic hydroxyl groups is 4. The summed E-state index contributed by atoms with van der Waals surface area (Å²) in [6.07, 6.45) is 0. The molecule has 0 atom stereocenters. The molecular formula is C14H8O6. The molecule has 0 heterocycles. The lowest BCUT2D eigenvalue weighted by atomic mass is 9.82. The molecular weight excluding hydrogens is 264 g/mol. The highest BCUT2D eigenvalue weighted by molar-refractivity contribution is 6.31. The van der Waals surface area contributed by atoms with Crippen LogP contribution in [0, 0.1) is 0 Å². The molecule has 3 rings (SSSR count). The van der Waals surface area contributed by atoms with Gasteiger partial charge in [0.1, 0.15) is 23.0 Å². The molecule has 0 saturated heterocycles. The summed E-state index contributed by atoms with van der Waals surface area (Å²) in [6.45, 7) is 0. The van der Waals surface area contributed by atoms with Gasteiger partial charge in [-0.2, -0.15) is 0 Å². The molecule has 0 fully saturated rings. The van der Waals surface area contributed by atoms with Gasteiger partial charge in [0, 0.05) is 0 Å². The van der Waals surface area contributed by atoms with E-state index in [9.17, 15) is 30.0 Å². The van der Waals surface area contributed by atoms with Crippen LogP contribution < -0.4 is 0 Å². The Balaban J connectivity index is 2.46. The summed E-state index contributed by atoms with van der Waals surface area (Å²) in [6, 6.07) is 4.29. The Kier molecular flexibility index (Phi) is 2.25. The molecule has 2 aromatic rings. The largest absolute Gasteiger partial charge is 0.507 e. The highest BCUT2D eigenvalue weighted by atomic mass is 16.3. The molecule has 0 bridgehead atoms. The fourth-order valence-corrected chi connectivity index (χ4v) is 2.33. The molecule has 6 heteroatoms. The minimum Gasteiger partial charge on any atom is -0.507 e. The van der Waals surface area contributed by atoms with Crippen molar-refractivity contribution >= 4 is 11.6 Å². The second-order valence-electron chi connectivity index (χ2n) is 4.37. The summed E-state index contributed by atoms with van der Waals surface area (Å²) in [5, 5.41) is 38.9. The van der Waals surface area contributed by atoms with Crippen molar-refractivity contribution in [1.82, 2.24) is 0 Å². The van der Waals surface area contributed by atoms with Gasteiger partial charge in [-0.25, -0.2) is 0 Å². The van der Waals surface area contributed by atoms with Crippen molar-refractivity contribution in [3.05, 3.63) is 46.5 Å². The van der Waals surface area contributed by atoms with E-state index < -0.39 is 34.6 Å². The van der Waals surface area contributed by atoms with E-state index in [1.807, 2.05) is 0 Å². The zero-order valence-electron chi connectivity index (χ0n) is 9.91. The molecule has 6 nitrogen and oxygen atoms in total. The lowest BCUT2D eigenvalue weighted by Gasteiger charge is -2.20. The van der Waals surface area contributed by atoms with Gasteiger partial charge >= 0.3 is 0 Å². The molecule has 0 aromatic heterocycles. The van der Waals surface area contributed by atoms with E-state index >= 15 is 0 Å². The van der Waals surface area contributed by atoms with Crippen LogP contribution in [0.4, 0.5) is 0 Å². The second kappa shape index (κ2) is 3.74. The summed E-state index contributed by atoms with van der Waals surface area (Å²) in [5.74, 6) is -3.60. The third-order valence-corrected chi connectivity index (χ3v) is 3.23. The minimum atomic E-state index is -0.837. The van der Waals surface area contributed by atoms with E-state index in [1.54, 1.807) is 0 Å². The molecule has 2 aromatic carbocycles.